The predicted molar refractivity (Wildman–Crippen MR) is 71.3 cm³/mol. The summed E-state index contributed by atoms with van der Waals surface area (Å²) in [6, 6.07) is 3.96. The molecule has 0 spiro atoms. The van der Waals surface area contributed by atoms with E-state index in [9.17, 15) is 13.2 Å². The van der Waals surface area contributed by atoms with E-state index in [2.05, 4.69) is 15.2 Å². The number of hydrogen-bond donors (Lipinski definition) is 1. The summed E-state index contributed by atoms with van der Waals surface area (Å²) in [6.45, 7) is -1.01. The molecule has 1 N–H and O–H groups in total. The van der Waals surface area contributed by atoms with E-state index < -0.39 is 18.2 Å². The Bertz CT molecular complexity index is 661. The van der Waals surface area contributed by atoms with Crippen LogP contribution >= 0.6 is 0 Å². The summed E-state index contributed by atoms with van der Waals surface area (Å²) in [6.07, 6.45) is 1.56. The smallest absolute Gasteiger partial charge is 0.387 e. The molecule has 0 amide bonds. The molecule has 0 saturated carbocycles. The number of nitrogens with one attached hydrogen (secondary N) is 1. The molecule has 1 aromatic heterocycles. The molecule has 0 aliphatic carbocycles. The molecular formula is C14H14F3N3O2. The lowest BCUT2D eigenvalue weighted by molar-refractivity contribution is -0.0532. The van der Waals surface area contributed by atoms with Crippen LogP contribution < -0.4 is 14.8 Å². The van der Waals surface area contributed by atoms with E-state index in [-0.39, 0.29) is 12.2 Å². The zero-order valence-corrected chi connectivity index (χ0v) is 11.6. The van der Waals surface area contributed by atoms with Gasteiger partial charge in [-0.3, -0.25) is 4.68 Å². The Morgan fingerprint density at radius 3 is 3.05 bits per heavy atom. The van der Waals surface area contributed by atoms with Gasteiger partial charge in [0, 0.05) is 18.7 Å². The minimum atomic E-state index is -3.09. The fourth-order valence-corrected chi connectivity index (χ4v) is 2.32. The van der Waals surface area contributed by atoms with Gasteiger partial charge in [0.2, 0.25) is 0 Å². The Morgan fingerprint density at radius 1 is 1.36 bits per heavy atom. The summed E-state index contributed by atoms with van der Waals surface area (Å²) in [4.78, 5) is 0. The van der Waals surface area contributed by atoms with Crippen molar-refractivity contribution in [3.63, 3.8) is 0 Å². The molecule has 8 heteroatoms. The quantitative estimate of drug-likeness (QED) is 0.920. The second-order valence-electron chi connectivity index (χ2n) is 4.75. The topological polar surface area (TPSA) is 48.3 Å². The summed E-state index contributed by atoms with van der Waals surface area (Å²) in [5, 5.41) is 7.37. The fraction of sp³-hybridized carbons (Fsp3) is 0.357. The van der Waals surface area contributed by atoms with E-state index in [1.165, 1.54) is 12.1 Å². The zero-order chi connectivity index (χ0) is 15.5. The number of benzene rings is 1. The third kappa shape index (κ3) is 3.01. The van der Waals surface area contributed by atoms with Crippen LogP contribution in [0.15, 0.2) is 24.4 Å². The molecular weight excluding hydrogens is 299 g/mol. The standard InChI is InChI=1S/C14H14F3N3O2/c15-10-3-1-2-9(13(10)22-14(16)17)8-21-12-7-19-20-5-4-18-6-11(12)20/h1-3,7,14,18H,4-6,8H2. The maximum Gasteiger partial charge on any atom is 0.387 e. The highest BCUT2D eigenvalue weighted by Crippen LogP contribution is 2.27. The molecule has 5 nitrogen and oxygen atoms in total. The normalized spacial score (nSPS) is 14.0. The highest BCUT2D eigenvalue weighted by Gasteiger charge is 2.18. The van der Waals surface area contributed by atoms with Crippen LogP contribution in [0.1, 0.15) is 11.3 Å². The van der Waals surface area contributed by atoms with Gasteiger partial charge in [-0.25, -0.2) is 4.39 Å². The van der Waals surface area contributed by atoms with Crippen LogP contribution in [0.25, 0.3) is 0 Å². The van der Waals surface area contributed by atoms with Crippen molar-refractivity contribution in [2.24, 2.45) is 0 Å². The lowest BCUT2D eigenvalue weighted by Gasteiger charge is -2.16. The molecule has 3 rings (SSSR count). The molecule has 0 atom stereocenters. The van der Waals surface area contributed by atoms with Crippen molar-refractivity contribution in [1.29, 1.82) is 0 Å². The molecule has 1 aliphatic rings. The largest absolute Gasteiger partial charge is 0.485 e. The first-order chi connectivity index (χ1) is 10.6. The molecule has 2 heterocycles. The Balaban J connectivity index is 1.76. The van der Waals surface area contributed by atoms with Gasteiger partial charge in [-0.1, -0.05) is 12.1 Å². The molecule has 1 aromatic carbocycles. The minimum Gasteiger partial charge on any atom is -0.485 e. The third-order valence-corrected chi connectivity index (χ3v) is 3.34. The van der Waals surface area contributed by atoms with E-state index in [0.29, 0.717) is 12.3 Å². The van der Waals surface area contributed by atoms with Crippen molar-refractivity contribution in [2.45, 2.75) is 26.3 Å². The van der Waals surface area contributed by atoms with Crippen molar-refractivity contribution in [1.82, 2.24) is 15.1 Å². The van der Waals surface area contributed by atoms with Crippen LogP contribution in [0.2, 0.25) is 0 Å². The Kier molecular flexibility index (Phi) is 4.19. The number of aromatic nitrogens is 2. The third-order valence-electron chi connectivity index (χ3n) is 3.34. The zero-order valence-electron chi connectivity index (χ0n) is 11.6. The number of fused-ring (bicyclic) bond motifs is 1. The number of rotatable bonds is 5. The highest BCUT2D eigenvalue weighted by atomic mass is 19.3. The number of nitrogens with zero attached hydrogens (tertiary/aromatic N) is 2. The van der Waals surface area contributed by atoms with Gasteiger partial charge in [-0.15, -0.1) is 0 Å². The summed E-state index contributed by atoms with van der Waals surface area (Å²) in [5.41, 5.74) is 1.09. The minimum absolute atomic E-state index is 0.0848. The summed E-state index contributed by atoms with van der Waals surface area (Å²) in [7, 11) is 0. The van der Waals surface area contributed by atoms with Crippen molar-refractivity contribution in [3.8, 4) is 11.5 Å². The van der Waals surface area contributed by atoms with E-state index in [4.69, 9.17) is 4.74 Å². The SMILES string of the molecule is Fc1cccc(COc2cnn3c2CNCC3)c1OC(F)F. The lowest BCUT2D eigenvalue weighted by atomic mass is 10.2. The first-order valence-electron chi connectivity index (χ1n) is 6.75. The molecule has 118 valence electrons. The number of alkyl halides is 2. The average molecular weight is 313 g/mol. The van der Waals surface area contributed by atoms with Gasteiger partial charge in [0.05, 0.1) is 18.4 Å². The summed E-state index contributed by atoms with van der Waals surface area (Å²) >= 11 is 0. The monoisotopic (exact) mass is 313 g/mol. The second kappa shape index (κ2) is 6.27. The molecule has 22 heavy (non-hydrogen) atoms. The van der Waals surface area contributed by atoms with Gasteiger partial charge in [0.25, 0.3) is 0 Å². The summed E-state index contributed by atoms with van der Waals surface area (Å²) < 4.78 is 50.0. The van der Waals surface area contributed by atoms with Crippen molar-refractivity contribution in [3.05, 3.63) is 41.5 Å². The van der Waals surface area contributed by atoms with Gasteiger partial charge in [0.15, 0.2) is 17.3 Å². The molecule has 1 aliphatic heterocycles. The highest BCUT2D eigenvalue weighted by molar-refractivity contribution is 5.35. The fourth-order valence-electron chi connectivity index (χ4n) is 2.32. The van der Waals surface area contributed by atoms with Crippen molar-refractivity contribution >= 4 is 0 Å². The van der Waals surface area contributed by atoms with Gasteiger partial charge in [0.1, 0.15) is 6.61 Å². The van der Waals surface area contributed by atoms with Gasteiger partial charge >= 0.3 is 6.61 Å². The van der Waals surface area contributed by atoms with E-state index in [0.717, 1.165) is 24.8 Å². The molecule has 2 aromatic rings. The number of ether oxygens (including phenoxy) is 2. The first kappa shape index (κ1) is 14.7. The summed E-state index contributed by atoms with van der Waals surface area (Å²) in [5.74, 6) is -0.795. The Morgan fingerprint density at radius 2 is 2.23 bits per heavy atom. The van der Waals surface area contributed by atoms with E-state index in [1.807, 2.05) is 4.68 Å². The molecule has 0 saturated heterocycles. The maximum atomic E-state index is 13.6. The number of para-hydroxylation sites is 1. The van der Waals surface area contributed by atoms with E-state index in [1.54, 1.807) is 6.20 Å². The molecule has 0 fully saturated rings. The van der Waals surface area contributed by atoms with Crippen LogP contribution in [-0.2, 0) is 19.7 Å². The molecule has 0 unspecified atom stereocenters. The van der Waals surface area contributed by atoms with Gasteiger partial charge < -0.3 is 14.8 Å². The Labute approximate surface area is 124 Å². The van der Waals surface area contributed by atoms with Crippen LogP contribution in [0.4, 0.5) is 13.2 Å². The maximum absolute atomic E-state index is 13.6. The number of halogens is 3. The Hall–Kier alpha value is -2.22. The van der Waals surface area contributed by atoms with Gasteiger partial charge in [-0.2, -0.15) is 13.9 Å². The van der Waals surface area contributed by atoms with Crippen LogP contribution in [-0.4, -0.2) is 22.9 Å². The molecule has 0 radical (unpaired) electrons. The van der Waals surface area contributed by atoms with Crippen LogP contribution in [0.3, 0.4) is 0 Å². The molecule has 0 bridgehead atoms. The second-order valence-corrected chi connectivity index (χ2v) is 4.75. The predicted octanol–water partition coefficient (Wildman–Crippen LogP) is 2.31. The average Bonchev–Trinajstić information content (AvgIpc) is 2.91. The van der Waals surface area contributed by atoms with E-state index >= 15 is 0 Å². The van der Waals surface area contributed by atoms with Crippen molar-refractivity contribution in [2.75, 3.05) is 6.54 Å². The van der Waals surface area contributed by atoms with Crippen LogP contribution in [0, 0.1) is 5.82 Å². The van der Waals surface area contributed by atoms with Gasteiger partial charge in [-0.05, 0) is 6.07 Å². The van der Waals surface area contributed by atoms with Crippen LogP contribution in [0.5, 0.6) is 11.5 Å². The number of hydrogen-bond acceptors (Lipinski definition) is 4. The first-order valence-corrected chi connectivity index (χ1v) is 6.75. The van der Waals surface area contributed by atoms with Crippen molar-refractivity contribution < 1.29 is 22.6 Å². The lowest BCUT2D eigenvalue weighted by Crippen LogP contribution is -2.28.